The zero-order chi connectivity index (χ0) is 18.7. The molecule has 136 valence electrons. The average Bonchev–Trinajstić information content (AvgIpc) is 2.51. The van der Waals surface area contributed by atoms with E-state index in [-0.39, 0.29) is 22.6 Å². The Labute approximate surface area is 141 Å². The molecule has 0 fully saturated rings. The van der Waals surface area contributed by atoms with Gasteiger partial charge in [0.2, 0.25) is 10.0 Å². The maximum absolute atomic E-state index is 13.2. The van der Waals surface area contributed by atoms with Crippen molar-refractivity contribution in [2.45, 2.75) is 6.18 Å². The van der Waals surface area contributed by atoms with Crippen LogP contribution in [0.5, 0.6) is 5.75 Å². The van der Waals surface area contributed by atoms with E-state index >= 15 is 0 Å². The van der Waals surface area contributed by atoms with Crippen LogP contribution < -0.4 is 9.46 Å². The van der Waals surface area contributed by atoms with Crippen LogP contribution >= 0.6 is 0 Å². The summed E-state index contributed by atoms with van der Waals surface area (Å²) in [7, 11) is -3.60. The lowest BCUT2D eigenvalue weighted by molar-refractivity contribution is -0.137. The number of anilines is 1. The number of ether oxygens (including phenoxy) is 1. The summed E-state index contributed by atoms with van der Waals surface area (Å²) in [4.78, 5) is 3.70. The van der Waals surface area contributed by atoms with Crippen LogP contribution in [0.15, 0.2) is 36.7 Å². The molecule has 2 aromatic rings. The highest BCUT2D eigenvalue weighted by atomic mass is 32.2. The molecular weight excluding hydrogens is 364 g/mol. The summed E-state index contributed by atoms with van der Waals surface area (Å²) in [6, 6.07) is 4.55. The van der Waals surface area contributed by atoms with Gasteiger partial charge in [0.15, 0.2) is 0 Å². The molecule has 0 saturated carbocycles. The Balaban J connectivity index is 2.57. The van der Waals surface area contributed by atoms with Crippen molar-refractivity contribution in [1.82, 2.24) is 4.98 Å². The summed E-state index contributed by atoms with van der Waals surface area (Å²) in [5, 5.41) is 0. The lowest BCUT2D eigenvalue weighted by Gasteiger charge is -2.16. The van der Waals surface area contributed by atoms with Gasteiger partial charge in [-0.25, -0.2) is 12.8 Å². The number of sulfonamides is 1. The van der Waals surface area contributed by atoms with Gasteiger partial charge >= 0.3 is 6.18 Å². The van der Waals surface area contributed by atoms with Crippen LogP contribution in [-0.2, 0) is 16.2 Å². The van der Waals surface area contributed by atoms with Crippen molar-refractivity contribution in [3.63, 3.8) is 0 Å². The van der Waals surface area contributed by atoms with Crippen molar-refractivity contribution in [3.8, 4) is 16.9 Å². The molecule has 0 aliphatic heterocycles. The van der Waals surface area contributed by atoms with Gasteiger partial charge in [-0.15, -0.1) is 0 Å². The van der Waals surface area contributed by atoms with Crippen LogP contribution in [0.3, 0.4) is 0 Å². The Morgan fingerprint density at radius 2 is 1.92 bits per heavy atom. The first-order valence-electron chi connectivity index (χ1n) is 6.94. The number of nitrogens with one attached hydrogen (secondary N) is 1. The molecular formula is C15H14F4N2O3S. The molecule has 0 saturated heterocycles. The third-order valence-electron chi connectivity index (χ3n) is 3.04. The summed E-state index contributed by atoms with van der Waals surface area (Å²) < 4.78 is 82.0. The third kappa shape index (κ3) is 5.05. The molecule has 0 bridgehead atoms. The monoisotopic (exact) mass is 378 g/mol. The average molecular weight is 378 g/mol. The quantitative estimate of drug-likeness (QED) is 0.782. The van der Waals surface area contributed by atoms with Gasteiger partial charge in [-0.2, -0.15) is 13.2 Å². The van der Waals surface area contributed by atoms with Crippen molar-refractivity contribution in [2.75, 3.05) is 24.3 Å². The van der Waals surface area contributed by atoms with Gasteiger partial charge in [0.05, 0.1) is 17.5 Å². The molecule has 2 rings (SSSR count). The second-order valence-electron chi connectivity index (χ2n) is 5.04. The lowest BCUT2D eigenvalue weighted by Crippen LogP contribution is -2.11. The molecule has 1 N–H and O–H groups in total. The Morgan fingerprint density at radius 1 is 1.20 bits per heavy atom. The molecule has 0 aliphatic carbocycles. The summed E-state index contributed by atoms with van der Waals surface area (Å²) in [5.74, 6) is -0.0928. The molecule has 0 unspecified atom stereocenters. The molecule has 1 aromatic carbocycles. The summed E-state index contributed by atoms with van der Waals surface area (Å²) >= 11 is 0. The summed E-state index contributed by atoms with van der Waals surface area (Å²) in [6.45, 7) is -1.25. The maximum Gasteiger partial charge on any atom is 0.417 e. The van der Waals surface area contributed by atoms with E-state index in [1.54, 1.807) is 0 Å². The number of alkyl halides is 4. The van der Waals surface area contributed by atoms with E-state index in [2.05, 4.69) is 9.71 Å². The van der Waals surface area contributed by atoms with E-state index in [1.807, 2.05) is 0 Å². The summed E-state index contributed by atoms with van der Waals surface area (Å²) in [5.41, 5.74) is -1.09. The highest BCUT2D eigenvalue weighted by Crippen LogP contribution is 2.40. The molecule has 10 heteroatoms. The Bertz CT molecular complexity index is 854. The molecule has 1 aromatic heterocycles. The van der Waals surface area contributed by atoms with E-state index in [0.717, 1.165) is 24.7 Å². The number of halogens is 4. The fourth-order valence-electron chi connectivity index (χ4n) is 2.15. The van der Waals surface area contributed by atoms with E-state index < -0.39 is 35.0 Å². The van der Waals surface area contributed by atoms with Crippen LogP contribution in [0, 0.1) is 0 Å². The SMILES string of the molecule is CS(=O)(=O)Nc1ccc(-c2cnccc2C(F)(F)F)c(OCCF)c1. The van der Waals surface area contributed by atoms with Crippen LogP contribution in [0.1, 0.15) is 5.56 Å². The van der Waals surface area contributed by atoms with E-state index in [9.17, 15) is 26.0 Å². The van der Waals surface area contributed by atoms with E-state index in [1.165, 1.54) is 18.2 Å². The normalized spacial score (nSPS) is 12.0. The minimum atomic E-state index is -4.63. The second-order valence-corrected chi connectivity index (χ2v) is 6.79. The largest absolute Gasteiger partial charge is 0.490 e. The fourth-order valence-corrected chi connectivity index (χ4v) is 2.70. The van der Waals surface area contributed by atoms with E-state index in [0.29, 0.717) is 0 Å². The van der Waals surface area contributed by atoms with Crippen LogP contribution in [-0.4, -0.2) is 32.9 Å². The topological polar surface area (TPSA) is 68.3 Å². The van der Waals surface area contributed by atoms with Gasteiger partial charge < -0.3 is 4.74 Å². The van der Waals surface area contributed by atoms with Gasteiger partial charge in [-0.1, -0.05) is 0 Å². The smallest absolute Gasteiger partial charge is 0.417 e. The number of benzene rings is 1. The Morgan fingerprint density at radius 3 is 2.52 bits per heavy atom. The van der Waals surface area contributed by atoms with Crippen LogP contribution in [0.25, 0.3) is 11.1 Å². The highest BCUT2D eigenvalue weighted by Gasteiger charge is 2.34. The molecule has 5 nitrogen and oxygen atoms in total. The van der Waals surface area contributed by atoms with Gasteiger partial charge in [0.25, 0.3) is 0 Å². The number of hydrogen-bond acceptors (Lipinski definition) is 4. The van der Waals surface area contributed by atoms with Gasteiger partial charge in [0, 0.05) is 29.6 Å². The van der Waals surface area contributed by atoms with Crippen molar-refractivity contribution in [2.24, 2.45) is 0 Å². The van der Waals surface area contributed by atoms with Crippen molar-refractivity contribution >= 4 is 15.7 Å². The summed E-state index contributed by atoms with van der Waals surface area (Å²) in [6.07, 6.45) is -1.68. The van der Waals surface area contributed by atoms with Crippen LogP contribution in [0.4, 0.5) is 23.2 Å². The lowest BCUT2D eigenvalue weighted by atomic mass is 10.0. The molecule has 0 radical (unpaired) electrons. The molecule has 0 amide bonds. The first-order chi connectivity index (χ1) is 11.6. The van der Waals surface area contributed by atoms with Gasteiger partial charge in [-0.05, 0) is 18.2 Å². The minimum absolute atomic E-state index is 0.0212. The highest BCUT2D eigenvalue weighted by molar-refractivity contribution is 7.92. The molecule has 25 heavy (non-hydrogen) atoms. The maximum atomic E-state index is 13.2. The number of hydrogen-bond donors (Lipinski definition) is 1. The third-order valence-corrected chi connectivity index (χ3v) is 3.64. The van der Waals surface area contributed by atoms with Gasteiger partial charge in [0.1, 0.15) is 19.0 Å². The number of pyridine rings is 1. The predicted molar refractivity (Wildman–Crippen MR) is 84.6 cm³/mol. The van der Waals surface area contributed by atoms with E-state index in [4.69, 9.17) is 4.74 Å². The molecule has 1 heterocycles. The van der Waals surface area contributed by atoms with Crippen LogP contribution in [0.2, 0.25) is 0 Å². The number of aromatic nitrogens is 1. The van der Waals surface area contributed by atoms with Gasteiger partial charge in [-0.3, -0.25) is 9.71 Å². The Kier molecular flexibility index (Phi) is 5.51. The first-order valence-corrected chi connectivity index (χ1v) is 8.83. The molecule has 0 aliphatic rings. The number of rotatable bonds is 6. The standard InChI is InChI=1S/C15H14F4N2O3S/c1-25(22,23)21-10-2-3-11(14(8-10)24-7-5-16)12-9-20-6-4-13(12)15(17,18)19/h2-4,6,8-9,21H,5,7H2,1H3. The second kappa shape index (κ2) is 7.26. The zero-order valence-electron chi connectivity index (χ0n) is 13.0. The zero-order valence-corrected chi connectivity index (χ0v) is 13.8. The Hall–Kier alpha value is -2.36. The predicted octanol–water partition coefficient (Wildman–Crippen LogP) is 3.49. The first kappa shape index (κ1) is 19.0. The molecule has 0 spiro atoms. The number of nitrogens with zero attached hydrogens (tertiary/aromatic N) is 1. The minimum Gasteiger partial charge on any atom is -0.490 e. The van der Waals surface area contributed by atoms with Crippen molar-refractivity contribution in [1.29, 1.82) is 0 Å². The molecule has 0 atom stereocenters. The fraction of sp³-hybridized carbons (Fsp3) is 0.267. The van der Waals surface area contributed by atoms with Crippen molar-refractivity contribution < 1.29 is 30.7 Å². The van der Waals surface area contributed by atoms with Crippen molar-refractivity contribution in [3.05, 3.63) is 42.2 Å².